The lowest BCUT2D eigenvalue weighted by Crippen LogP contribution is -2.30. The second-order valence-electron chi connectivity index (χ2n) is 3.45. The van der Waals surface area contributed by atoms with Crippen LogP contribution in [0.4, 0.5) is 0 Å². The molecular weight excluding hydrogens is 196 g/mol. The van der Waals surface area contributed by atoms with Gasteiger partial charge in [-0.15, -0.1) is 0 Å². The Morgan fingerprint density at radius 2 is 2.06 bits per heavy atom. The maximum Gasteiger partial charge on any atom is 0.169 e. The van der Waals surface area contributed by atoms with Gasteiger partial charge < -0.3 is 0 Å². The number of hydrogen-bond donors (Lipinski definition) is 0. The molecule has 0 amide bonds. The first-order chi connectivity index (χ1) is 7.81. The van der Waals surface area contributed by atoms with Crippen molar-refractivity contribution in [2.75, 3.05) is 7.05 Å². The molecule has 1 aromatic heterocycles. The summed E-state index contributed by atoms with van der Waals surface area (Å²) in [4.78, 5) is 3.98. The van der Waals surface area contributed by atoms with Crippen LogP contribution in [-0.4, -0.2) is 13.3 Å². The first-order valence-electron chi connectivity index (χ1n) is 5.56. The van der Waals surface area contributed by atoms with Gasteiger partial charge in [0.15, 0.2) is 12.4 Å². The fourth-order valence-electron chi connectivity index (χ4n) is 1.44. The van der Waals surface area contributed by atoms with Crippen molar-refractivity contribution >= 4 is 11.8 Å². The number of aromatic nitrogens is 1. The third-order valence-corrected chi connectivity index (χ3v) is 2.34. The minimum Gasteiger partial charge on any atom is -0.296 e. The highest BCUT2D eigenvalue weighted by Crippen LogP contribution is 2.13. The molecule has 0 radical (unpaired) electrons. The van der Waals surface area contributed by atoms with Crippen molar-refractivity contribution in [3.63, 3.8) is 0 Å². The lowest BCUT2D eigenvalue weighted by atomic mass is 10.1. The van der Waals surface area contributed by atoms with E-state index in [0.29, 0.717) is 0 Å². The summed E-state index contributed by atoms with van der Waals surface area (Å²) in [6, 6.07) is 4.25. The molecule has 84 valence electrons. The summed E-state index contributed by atoms with van der Waals surface area (Å²) in [6.07, 6.45) is 12.1. The van der Waals surface area contributed by atoms with Crippen LogP contribution in [0.1, 0.15) is 19.4 Å². The van der Waals surface area contributed by atoms with Crippen LogP contribution in [-0.2, 0) is 6.54 Å². The lowest BCUT2D eigenvalue weighted by molar-refractivity contribution is -0.693. The summed E-state index contributed by atoms with van der Waals surface area (Å²) in [7, 11) is 1.78. The molecule has 2 heteroatoms. The number of aryl methyl sites for hydroxylation is 1. The molecule has 0 aromatic carbocycles. The summed E-state index contributed by atoms with van der Waals surface area (Å²) in [5.74, 6) is 0. The van der Waals surface area contributed by atoms with Gasteiger partial charge in [0.05, 0.1) is 0 Å². The van der Waals surface area contributed by atoms with Crippen LogP contribution >= 0.6 is 0 Å². The molecule has 0 bridgehead atoms. The van der Waals surface area contributed by atoms with E-state index in [1.807, 2.05) is 25.3 Å². The Morgan fingerprint density at radius 3 is 2.56 bits per heavy atom. The molecular formula is C14H19N2+. The Labute approximate surface area is 97.7 Å². The van der Waals surface area contributed by atoms with E-state index < -0.39 is 0 Å². The summed E-state index contributed by atoms with van der Waals surface area (Å²) >= 11 is 0. The minimum absolute atomic E-state index is 0.999. The third-order valence-electron chi connectivity index (χ3n) is 2.34. The van der Waals surface area contributed by atoms with Gasteiger partial charge in [0.25, 0.3) is 0 Å². The highest BCUT2D eigenvalue weighted by Gasteiger charge is 2.00. The van der Waals surface area contributed by atoms with E-state index in [1.54, 1.807) is 7.05 Å². The van der Waals surface area contributed by atoms with Crippen LogP contribution in [0.3, 0.4) is 0 Å². The van der Waals surface area contributed by atoms with Crippen molar-refractivity contribution in [3.05, 3.63) is 48.3 Å². The van der Waals surface area contributed by atoms with Crippen molar-refractivity contribution in [1.82, 2.24) is 0 Å². The molecule has 0 spiro atoms. The Morgan fingerprint density at radius 1 is 1.38 bits per heavy atom. The van der Waals surface area contributed by atoms with E-state index in [2.05, 4.69) is 47.1 Å². The van der Waals surface area contributed by atoms with Crippen LogP contribution in [0.25, 0.3) is 5.57 Å². The van der Waals surface area contributed by atoms with Crippen molar-refractivity contribution in [2.24, 2.45) is 4.99 Å². The molecule has 0 aliphatic rings. The smallest absolute Gasteiger partial charge is 0.169 e. The summed E-state index contributed by atoms with van der Waals surface area (Å²) in [5.41, 5.74) is 2.39. The fraction of sp³-hybridized carbons (Fsp3) is 0.286. The highest BCUT2D eigenvalue weighted by atomic mass is 14.9. The Balaban J connectivity index is 3.01. The summed E-state index contributed by atoms with van der Waals surface area (Å²) < 4.78 is 2.14. The summed E-state index contributed by atoms with van der Waals surface area (Å²) in [6.45, 7) is 5.15. The zero-order valence-corrected chi connectivity index (χ0v) is 10.2. The van der Waals surface area contributed by atoms with Crippen molar-refractivity contribution in [3.8, 4) is 0 Å². The van der Waals surface area contributed by atoms with Gasteiger partial charge in [-0.3, -0.25) is 4.99 Å². The number of allylic oxidation sites excluding steroid dienone is 4. The molecule has 1 heterocycles. The molecule has 0 aliphatic carbocycles. The zero-order chi connectivity index (χ0) is 11.8. The predicted octanol–water partition coefficient (Wildman–Crippen LogP) is 2.65. The van der Waals surface area contributed by atoms with Gasteiger partial charge in [-0.25, -0.2) is 4.57 Å². The molecule has 16 heavy (non-hydrogen) atoms. The van der Waals surface area contributed by atoms with Crippen molar-refractivity contribution in [2.45, 2.75) is 20.4 Å². The van der Waals surface area contributed by atoms with Crippen molar-refractivity contribution in [1.29, 1.82) is 0 Å². The third kappa shape index (κ3) is 3.46. The molecule has 1 aromatic rings. The number of rotatable bonds is 4. The topological polar surface area (TPSA) is 16.2 Å². The second-order valence-corrected chi connectivity index (χ2v) is 3.45. The average Bonchev–Trinajstić information content (AvgIpc) is 2.35. The van der Waals surface area contributed by atoms with Gasteiger partial charge in [-0.1, -0.05) is 12.2 Å². The number of hydrogen-bond acceptors (Lipinski definition) is 1. The SMILES string of the molecule is C\C=C/C(=C\C=N\C)c1cc[n+](CC)cc1. The van der Waals surface area contributed by atoms with Crippen LogP contribution in [0.2, 0.25) is 0 Å². The van der Waals surface area contributed by atoms with E-state index in [0.717, 1.165) is 6.54 Å². The van der Waals surface area contributed by atoms with Crippen LogP contribution < -0.4 is 4.57 Å². The van der Waals surface area contributed by atoms with Crippen LogP contribution in [0, 0.1) is 0 Å². The molecule has 0 fully saturated rings. The Kier molecular flexibility index (Phi) is 5.20. The maximum absolute atomic E-state index is 3.98. The van der Waals surface area contributed by atoms with Crippen molar-refractivity contribution < 1.29 is 4.57 Å². The van der Waals surface area contributed by atoms with Gasteiger partial charge in [0.2, 0.25) is 0 Å². The molecule has 0 aliphatic heterocycles. The molecule has 2 nitrogen and oxygen atoms in total. The van der Waals surface area contributed by atoms with Gasteiger partial charge in [0.1, 0.15) is 6.54 Å². The molecule has 0 unspecified atom stereocenters. The van der Waals surface area contributed by atoms with E-state index in [-0.39, 0.29) is 0 Å². The molecule has 0 atom stereocenters. The first-order valence-corrected chi connectivity index (χ1v) is 5.56. The van der Waals surface area contributed by atoms with E-state index in [4.69, 9.17) is 0 Å². The second kappa shape index (κ2) is 6.72. The van der Waals surface area contributed by atoms with E-state index >= 15 is 0 Å². The van der Waals surface area contributed by atoms with Gasteiger partial charge in [-0.05, 0) is 31.1 Å². The van der Waals surface area contributed by atoms with Crippen LogP contribution in [0.15, 0.2) is 47.7 Å². The number of nitrogens with zero attached hydrogens (tertiary/aromatic N) is 2. The molecule has 0 N–H and O–H groups in total. The van der Waals surface area contributed by atoms with Crippen LogP contribution in [0.5, 0.6) is 0 Å². The van der Waals surface area contributed by atoms with Gasteiger partial charge >= 0.3 is 0 Å². The predicted molar refractivity (Wildman–Crippen MR) is 69.5 cm³/mol. The van der Waals surface area contributed by atoms with E-state index in [1.165, 1.54) is 11.1 Å². The zero-order valence-electron chi connectivity index (χ0n) is 10.2. The van der Waals surface area contributed by atoms with E-state index in [9.17, 15) is 0 Å². The standard InChI is InChI=1S/C14H19N2/c1-4-6-13(7-10-15-3)14-8-11-16(5-2)12-9-14/h4,6-12H,5H2,1-3H3/q+1/b6-4-,13-7+,15-10+. The Hall–Kier alpha value is -1.70. The van der Waals surface area contributed by atoms with Gasteiger partial charge in [0, 0.05) is 25.4 Å². The molecule has 0 saturated carbocycles. The largest absolute Gasteiger partial charge is 0.296 e. The summed E-state index contributed by atoms with van der Waals surface area (Å²) in [5, 5.41) is 0. The fourth-order valence-corrected chi connectivity index (χ4v) is 1.44. The quantitative estimate of drug-likeness (QED) is 0.417. The number of aliphatic imine (C=N–C) groups is 1. The van der Waals surface area contributed by atoms with Gasteiger partial charge in [-0.2, -0.15) is 0 Å². The highest BCUT2D eigenvalue weighted by molar-refractivity contribution is 5.88. The first kappa shape index (κ1) is 12.4. The molecule has 0 saturated heterocycles. The Bertz CT molecular complexity index is 397. The lowest BCUT2D eigenvalue weighted by Gasteiger charge is -2.00. The number of pyridine rings is 1. The average molecular weight is 215 g/mol. The molecule has 1 rings (SSSR count). The maximum atomic E-state index is 3.98. The minimum atomic E-state index is 0.999. The monoisotopic (exact) mass is 215 g/mol. The normalized spacial score (nSPS) is 12.8.